The van der Waals surface area contributed by atoms with Crippen molar-refractivity contribution in [2.75, 3.05) is 25.5 Å². The Kier molecular flexibility index (Phi) is 5.61. The highest BCUT2D eigenvalue weighted by Gasteiger charge is 2.34. The molecule has 3 rings (SSSR count). The topological polar surface area (TPSA) is 64.4 Å². The van der Waals surface area contributed by atoms with E-state index in [4.69, 9.17) is 22.1 Å². The minimum Gasteiger partial charge on any atom is -0.399 e. The number of carbonyl (C=O) groups excluding carboxylic acids is 1. The van der Waals surface area contributed by atoms with Gasteiger partial charge in [-0.05, 0) is 48.2 Å². The Morgan fingerprint density at radius 2 is 1.72 bits per heavy atom. The highest BCUT2D eigenvalue weighted by Crippen LogP contribution is 2.34. The van der Waals surface area contributed by atoms with Crippen LogP contribution in [0.3, 0.4) is 0 Å². The van der Waals surface area contributed by atoms with E-state index in [2.05, 4.69) is 17.4 Å². The van der Waals surface area contributed by atoms with E-state index in [-0.39, 0.29) is 11.3 Å². The molecule has 4 nitrogen and oxygen atoms in total. The van der Waals surface area contributed by atoms with Crippen LogP contribution in [0.1, 0.15) is 24.0 Å². The lowest BCUT2D eigenvalue weighted by molar-refractivity contribution is -0.120. The van der Waals surface area contributed by atoms with Crippen molar-refractivity contribution in [2.24, 2.45) is 0 Å². The lowest BCUT2D eigenvalue weighted by atomic mass is 9.74. The lowest BCUT2D eigenvalue weighted by Crippen LogP contribution is -2.45. The van der Waals surface area contributed by atoms with Gasteiger partial charge in [-0.2, -0.15) is 0 Å². The number of nitrogens with two attached hydrogens (primary N) is 1. The number of amides is 1. The number of halogens is 1. The molecule has 0 radical (unpaired) electrons. The lowest BCUT2D eigenvalue weighted by Gasteiger charge is -2.38. The minimum atomic E-state index is -0.0976. The Bertz CT molecular complexity index is 707. The van der Waals surface area contributed by atoms with E-state index in [0.29, 0.717) is 31.9 Å². The Morgan fingerprint density at radius 3 is 2.36 bits per heavy atom. The van der Waals surface area contributed by atoms with E-state index in [1.165, 1.54) is 5.56 Å². The first-order valence-electron chi connectivity index (χ1n) is 8.52. The number of rotatable bonds is 5. The molecule has 1 aliphatic heterocycles. The molecule has 0 atom stereocenters. The highest BCUT2D eigenvalue weighted by atomic mass is 35.5. The van der Waals surface area contributed by atoms with Crippen molar-refractivity contribution in [1.82, 2.24) is 5.32 Å². The Hall–Kier alpha value is -2.04. The molecule has 0 unspecified atom stereocenters. The van der Waals surface area contributed by atoms with Gasteiger partial charge < -0.3 is 15.8 Å². The van der Waals surface area contributed by atoms with Gasteiger partial charge >= 0.3 is 0 Å². The molecule has 25 heavy (non-hydrogen) atoms. The predicted octanol–water partition coefficient (Wildman–Crippen LogP) is 3.33. The third kappa shape index (κ3) is 4.53. The van der Waals surface area contributed by atoms with Crippen LogP contribution >= 0.6 is 11.6 Å². The fourth-order valence-electron chi connectivity index (χ4n) is 3.28. The summed E-state index contributed by atoms with van der Waals surface area (Å²) in [5.41, 5.74) is 8.45. The summed E-state index contributed by atoms with van der Waals surface area (Å²) in [5.74, 6) is 0.0181. The average molecular weight is 359 g/mol. The Balaban J connectivity index is 1.67. The van der Waals surface area contributed by atoms with Crippen LogP contribution in [0.4, 0.5) is 5.69 Å². The number of anilines is 1. The summed E-state index contributed by atoms with van der Waals surface area (Å²) >= 11 is 6.02. The molecule has 0 spiro atoms. The third-order valence-electron chi connectivity index (χ3n) is 4.87. The second kappa shape index (κ2) is 7.89. The maximum atomic E-state index is 12.4. The molecule has 0 aromatic heterocycles. The van der Waals surface area contributed by atoms with Crippen LogP contribution in [0.2, 0.25) is 5.02 Å². The van der Waals surface area contributed by atoms with Gasteiger partial charge in [-0.3, -0.25) is 4.79 Å². The number of hydrogen-bond donors (Lipinski definition) is 2. The number of ether oxygens (including phenoxy) is 1. The van der Waals surface area contributed by atoms with Gasteiger partial charge in [0.25, 0.3) is 0 Å². The summed E-state index contributed by atoms with van der Waals surface area (Å²) < 4.78 is 5.53. The van der Waals surface area contributed by atoms with Crippen LogP contribution in [0.5, 0.6) is 0 Å². The van der Waals surface area contributed by atoms with Gasteiger partial charge in [0.05, 0.1) is 6.42 Å². The summed E-state index contributed by atoms with van der Waals surface area (Å²) in [6, 6.07) is 15.3. The maximum Gasteiger partial charge on any atom is 0.224 e. The van der Waals surface area contributed by atoms with Gasteiger partial charge in [-0.1, -0.05) is 35.9 Å². The van der Waals surface area contributed by atoms with E-state index < -0.39 is 0 Å². The molecular formula is C20H23ClN2O2. The summed E-state index contributed by atoms with van der Waals surface area (Å²) in [4.78, 5) is 12.4. The van der Waals surface area contributed by atoms with E-state index in [1.807, 2.05) is 36.4 Å². The highest BCUT2D eigenvalue weighted by molar-refractivity contribution is 6.30. The summed E-state index contributed by atoms with van der Waals surface area (Å²) in [5, 5.41) is 3.83. The minimum absolute atomic E-state index is 0.0181. The molecule has 1 heterocycles. The first-order chi connectivity index (χ1) is 12.1. The Labute approximate surface area is 153 Å². The molecule has 0 bridgehead atoms. The largest absolute Gasteiger partial charge is 0.399 e. The van der Waals surface area contributed by atoms with E-state index in [1.54, 1.807) is 0 Å². The molecule has 1 aliphatic rings. The average Bonchev–Trinajstić information content (AvgIpc) is 2.63. The molecule has 2 aromatic rings. The summed E-state index contributed by atoms with van der Waals surface area (Å²) in [7, 11) is 0. The van der Waals surface area contributed by atoms with Crippen molar-refractivity contribution in [2.45, 2.75) is 24.7 Å². The number of carbonyl (C=O) groups is 1. The van der Waals surface area contributed by atoms with Crippen molar-refractivity contribution in [3.8, 4) is 0 Å². The molecule has 3 N–H and O–H groups in total. The summed E-state index contributed by atoms with van der Waals surface area (Å²) in [6.07, 6.45) is 2.13. The number of benzene rings is 2. The maximum absolute atomic E-state index is 12.4. The molecule has 1 fully saturated rings. The molecule has 1 saturated heterocycles. The molecule has 1 amide bonds. The second-order valence-corrected chi connectivity index (χ2v) is 7.03. The van der Waals surface area contributed by atoms with Crippen molar-refractivity contribution in [3.63, 3.8) is 0 Å². The second-order valence-electron chi connectivity index (χ2n) is 6.59. The van der Waals surface area contributed by atoms with Crippen LogP contribution in [-0.4, -0.2) is 25.7 Å². The first-order valence-corrected chi connectivity index (χ1v) is 8.90. The number of nitrogens with one attached hydrogen (secondary N) is 1. The quantitative estimate of drug-likeness (QED) is 0.806. The van der Waals surface area contributed by atoms with Crippen molar-refractivity contribution in [1.29, 1.82) is 0 Å². The zero-order valence-corrected chi connectivity index (χ0v) is 14.9. The van der Waals surface area contributed by atoms with Crippen molar-refractivity contribution in [3.05, 3.63) is 64.7 Å². The zero-order valence-electron chi connectivity index (χ0n) is 14.1. The van der Waals surface area contributed by atoms with Crippen molar-refractivity contribution >= 4 is 23.2 Å². The van der Waals surface area contributed by atoms with Gasteiger partial charge in [0, 0.05) is 35.9 Å². The Morgan fingerprint density at radius 1 is 1.08 bits per heavy atom. The monoisotopic (exact) mass is 358 g/mol. The van der Waals surface area contributed by atoms with Crippen LogP contribution < -0.4 is 11.1 Å². The molecule has 2 aromatic carbocycles. The summed E-state index contributed by atoms with van der Waals surface area (Å²) in [6.45, 7) is 2.01. The smallest absolute Gasteiger partial charge is 0.224 e. The zero-order chi connectivity index (χ0) is 17.7. The molecular weight excluding hydrogens is 336 g/mol. The van der Waals surface area contributed by atoms with Gasteiger partial charge in [-0.15, -0.1) is 0 Å². The number of nitrogen functional groups attached to an aromatic ring is 1. The predicted molar refractivity (Wildman–Crippen MR) is 101 cm³/mol. The van der Waals surface area contributed by atoms with Crippen LogP contribution in [0.15, 0.2) is 48.5 Å². The molecule has 5 heteroatoms. The normalized spacial score (nSPS) is 16.4. The fraction of sp³-hybridized carbons (Fsp3) is 0.350. The van der Waals surface area contributed by atoms with Gasteiger partial charge in [0.2, 0.25) is 5.91 Å². The van der Waals surface area contributed by atoms with E-state index >= 15 is 0 Å². The molecule has 0 saturated carbocycles. The standard InChI is InChI=1S/C20H23ClN2O2/c21-17-5-3-16(4-6-17)20(9-11-25-12-10-20)14-23-19(24)13-15-1-7-18(22)8-2-15/h1-8H,9-14,22H2,(H,23,24). The van der Waals surface area contributed by atoms with Crippen LogP contribution in [0.25, 0.3) is 0 Å². The molecule has 0 aliphatic carbocycles. The fourth-order valence-corrected chi connectivity index (χ4v) is 3.41. The van der Waals surface area contributed by atoms with Gasteiger partial charge in [0.1, 0.15) is 0 Å². The number of hydrogen-bond acceptors (Lipinski definition) is 3. The third-order valence-corrected chi connectivity index (χ3v) is 5.13. The van der Waals surface area contributed by atoms with Gasteiger partial charge in [-0.25, -0.2) is 0 Å². The molecule has 132 valence electrons. The van der Waals surface area contributed by atoms with E-state index in [0.717, 1.165) is 23.4 Å². The van der Waals surface area contributed by atoms with Gasteiger partial charge in [0.15, 0.2) is 0 Å². The van der Waals surface area contributed by atoms with E-state index in [9.17, 15) is 4.79 Å². The van der Waals surface area contributed by atoms with Crippen LogP contribution in [0, 0.1) is 0 Å². The first kappa shape index (κ1) is 17.8. The van der Waals surface area contributed by atoms with Crippen LogP contribution in [-0.2, 0) is 21.4 Å². The SMILES string of the molecule is Nc1ccc(CC(=O)NCC2(c3ccc(Cl)cc3)CCOCC2)cc1. The van der Waals surface area contributed by atoms with Crippen molar-refractivity contribution < 1.29 is 9.53 Å².